The van der Waals surface area contributed by atoms with Crippen molar-refractivity contribution in [3.05, 3.63) is 35.7 Å². The number of aromatic nitrogens is 2. The molecule has 0 bridgehead atoms. The zero-order chi connectivity index (χ0) is 13.3. The molecule has 5 nitrogen and oxygen atoms in total. The normalized spacial score (nSPS) is 14.5. The quantitative estimate of drug-likeness (QED) is 0.865. The van der Waals surface area contributed by atoms with E-state index in [0.29, 0.717) is 0 Å². The molecule has 96 valence electrons. The van der Waals surface area contributed by atoms with Gasteiger partial charge in [0.1, 0.15) is 6.04 Å². The molecule has 1 heterocycles. The Kier molecular flexibility index (Phi) is 3.35. The van der Waals surface area contributed by atoms with E-state index in [0.717, 1.165) is 12.1 Å². The van der Waals surface area contributed by atoms with Gasteiger partial charge in [0.2, 0.25) is 11.7 Å². The minimum absolute atomic E-state index is 0.0322. The number of nitrogens with two attached hydrogens (primary N) is 1. The number of aliphatic hydroxyl groups is 1. The van der Waals surface area contributed by atoms with Gasteiger partial charge in [-0.25, -0.2) is 8.78 Å². The van der Waals surface area contributed by atoms with Crippen molar-refractivity contribution in [2.45, 2.75) is 19.1 Å². The van der Waals surface area contributed by atoms with Crippen molar-refractivity contribution >= 4 is 0 Å². The summed E-state index contributed by atoms with van der Waals surface area (Å²) in [7, 11) is 0. The second-order valence-corrected chi connectivity index (χ2v) is 3.85. The number of aliphatic hydroxyl groups excluding tert-OH is 1. The lowest BCUT2D eigenvalue weighted by atomic mass is 10.2. The molecule has 18 heavy (non-hydrogen) atoms. The summed E-state index contributed by atoms with van der Waals surface area (Å²) in [4.78, 5) is 3.92. The Bertz CT molecular complexity index is 557. The Morgan fingerprint density at radius 2 is 2.06 bits per heavy atom. The van der Waals surface area contributed by atoms with Crippen LogP contribution in [0.25, 0.3) is 11.4 Å². The molecule has 0 aliphatic rings. The third-order valence-electron chi connectivity index (χ3n) is 2.42. The molecule has 1 aromatic heterocycles. The van der Waals surface area contributed by atoms with E-state index in [9.17, 15) is 13.9 Å². The van der Waals surface area contributed by atoms with Crippen LogP contribution in [0.4, 0.5) is 8.78 Å². The fourth-order valence-electron chi connectivity index (χ4n) is 1.33. The van der Waals surface area contributed by atoms with Crippen LogP contribution < -0.4 is 5.73 Å². The number of nitrogens with zero attached hydrogens (tertiary/aromatic N) is 2. The van der Waals surface area contributed by atoms with Crippen molar-refractivity contribution in [3.8, 4) is 11.4 Å². The van der Waals surface area contributed by atoms with Gasteiger partial charge in [-0.2, -0.15) is 4.98 Å². The predicted molar refractivity (Wildman–Crippen MR) is 58.3 cm³/mol. The van der Waals surface area contributed by atoms with Gasteiger partial charge < -0.3 is 15.4 Å². The third kappa shape index (κ3) is 2.36. The van der Waals surface area contributed by atoms with Crippen molar-refractivity contribution in [1.29, 1.82) is 0 Å². The molecule has 2 atom stereocenters. The zero-order valence-electron chi connectivity index (χ0n) is 9.47. The molecule has 3 N–H and O–H groups in total. The molecule has 0 fully saturated rings. The van der Waals surface area contributed by atoms with E-state index in [1.165, 1.54) is 13.0 Å². The fourth-order valence-corrected chi connectivity index (χ4v) is 1.33. The maximum absolute atomic E-state index is 13.0. The Labute approximate surface area is 101 Å². The smallest absolute Gasteiger partial charge is 0.246 e. The van der Waals surface area contributed by atoms with Gasteiger partial charge in [-0.15, -0.1) is 0 Å². The molecule has 2 rings (SSSR count). The summed E-state index contributed by atoms with van der Waals surface area (Å²) < 4.78 is 30.6. The van der Waals surface area contributed by atoms with Crippen LogP contribution in [0, 0.1) is 11.6 Å². The summed E-state index contributed by atoms with van der Waals surface area (Å²) in [6, 6.07) is 2.42. The van der Waals surface area contributed by atoms with Gasteiger partial charge in [0.05, 0.1) is 6.10 Å². The van der Waals surface area contributed by atoms with E-state index in [2.05, 4.69) is 10.1 Å². The highest BCUT2D eigenvalue weighted by atomic mass is 19.2. The van der Waals surface area contributed by atoms with E-state index in [1.807, 2.05) is 0 Å². The minimum Gasteiger partial charge on any atom is -0.391 e. The first-order valence-corrected chi connectivity index (χ1v) is 5.21. The number of halogens is 2. The van der Waals surface area contributed by atoms with E-state index in [-0.39, 0.29) is 17.3 Å². The van der Waals surface area contributed by atoms with E-state index >= 15 is 0 Å². The van der Waals surface area contributed by atoms with E-state index in [1.54, 1.807) is 0 Å². The second-order valence-electron chi connectivity index (χ2n) is 3.85. The topological polar surface area (TPSA) is 85.2 Å². The van der Waals surface area contributed by atoms with Crippen molar-refractivity contribution in [2.75, 3.05) is 0 Å². The number of hydrogen-bond acceptors (Lipinski definition) is 5. The Hall–Kier alpha value is -1.86. The predicted octanol–water partition coefficient (Wildman–Crippen LogP) is 1.40. The molecule has 0 spiro atoms. The maximum Gasteiger partial charge on any atom is 0.246 e. The number of rotatable bonds is 3. The molecule has 0 amide bonds. The molecular weight excluding hydrogens is 244 g/mol. The fraction of sp³-hybridized carbons (Fsp3) is 0.273. The van der Waals surface area contributed by atoms with Crippen molar-refractivity contribution in [3.63, 3.8) is 0 Å². The average molecular weight is 255 g/mol. The van der Waals surface area contributed by atoms with Gasteiger partial charge in [-0.05, 0) is 25.1 Å². The zero-order valence-corrected chi connectivity index (χ0v) is 9.47. The Morgan fingerprint density at radius 1 is 1.33 bits per heavy atom. The van der Waals surface area contributed by atoms with Gasteiger partial charge in [0.15, 0.2) is 11.6 Å². The molecule has 0 saturated carbocycles. The highest BCUT2D eigenvalue weighted by Gasteiger charge is 2.20. The van der Waals surface area contributed by atoms with Gasteiger partial charge in [0.25, 0.3) is 0 Å². The van der Waals surface area contributed by atoms with Gasteiger partial charge >= 0.3 is 0 Å². The highest BCUT2D eigenvalue weighted by Crippen LogP contribution is 2.21. The lowest BCUT2D eigenvalue weighted by Gasteiger charge is -2.08. The molecule has 0 radical (unpaired) electrons. The SMILES string of the molecule is C[C@@H](O)[C@H](N)c1nc(-c2ccc(F)c(F)c2)no1. The lowest BCUT2D eigenvalue weighted by molar-refractivity contribution is 0.146. The molecule has 1 aromatic carbocycles. The minimum atomic E-state index is -1.00. The van der Waals surface area contributed by atoms with E-state index < -0.39 is 23.8 Å². The van der Waals surface area contributed by atoms with Gasteiger partial charge in [-0.1, -0.05) is 5.16 Å². The second kappa shape index (κ2) is 4.79. The average Bonchev–Trinajstić information content (AvgIpc) is 2.81. The first kappa shape index (κ1) is 12.6. The lowest BCUT2D eigenvalue weighted by Crippen LogP contribution is -2.23. The molecule has 7 heteroatoms. The summed E-state index contributed by atoms with van der Waals surface area (Å²) >= 11 is 0. The third-order valence-corrected chi connectivity index (χ3v) is 2.42. The van der Waals surface area contributed by atoms with Crippen LogP contribution >= 0.6 is 0 Å². The largest absolute Gasteiger partial charge is 0.391 e. The van der Waals surface area contributed by atoms with Crippen molar-refractivity contribution < 1.29 is 18.4 Å². The Balaban J connectivity index is 2.32. The van der Waals surface area contributed by atoms with Crippen LogP contribution in [0.1, 0.15) is 18.9 Å². The van der Waals surface area contributed by atoms with Crippen molar-refractivity contribution in [2.24, 2.45) is 5.73 Å². The Morgan fingerprint density at radius 3 is 2.67 bits per heavy atom. The van der Waals surface area contributed by atoms with Gasteiger partial charge in [-0.3, -0.25) is 0 Å². The maximum atomic E-state index is 13.0. The van der Waals surface area contributed by atoms with Crippen molar-refractivity contribution in [1.82, 2.24) is 10.1 Å². The molecule has 2 aromatic rings. The number of benzene rings is 1. The molecular formula is C11H11F2N3O2. The first-order chi connectivity index (χ1) is 8.49. The van der Waals surface area contributed by atoms with Crippen LogP contribution in [0.2, 0.25) is 0 Å². The summed E-state index contributed by atoms with van der Waals surface area (Å²) in [5, 5.41) is 12.9. The standard InChI is InChI=1S/C11H11F2N3O2/c1-5(17)9(14)11-15-10(16-18-11)6-2-3-7(12)8(13)4-6/h2-5,9,17H,14H2,1H3/t5-,9+/m1/s1. The molecule has 0 aliphatic heterocycles. The molecule has 0 saturated heterocycles. The first-order valence-electron chi connectivity index (χ1n) is 5.21. The summed E-state index contributed by atoms with van der Waals surface area (Å²) in [6.07, 6.45) is -0.858. The van der Waals surface area contributed by atoms with Crippen LogP contribution in [0.15, 0.2) is 22.7 Å². The number of hydrogen-bond donors (Lipinski definition) is 2. The van der Waals surface area contributed by atoms with Crippen LogP contribution in [0.5, 0.6) is 0 Å². The molecule has 0 unspecified atom stereocenters. The molecule has 0 aliphatic carbocycles. The highest BCUT2D eigenvalue weighted by molar-refractivity contribution is 5.54. The van der Waals surface area contributed by atoms with Crippen LogP contribution in [0.3, 0.4) is 0 Å². The van der Waals surface area contributed by atoms with Gasteiger partial charge in [0, 0.05) is 5.56 Å². The summed E-state index contributed by atoms with van der Waals surface area (Å²) in [5.74, 6) is -1.84. The monoisotopic (exact) mass is 255 g/mol. The van der Waals surface area contributed by atoms with E-state index in [4.69, 9.17) is 10.3 Å². The summed E-state index contributed by atoms with van der Waals surface area (Å²) in [6.45, 7) is 1.48. The van der Waals surface area contributed by atoms with Crippen LogP contribution in [-0.2, 0) is 0 Å². The van der Waals surface area contributed by atoms with Crippen LogP contribution in [-0.4, -0.2) is 21.4 Å². The summed E-state index contributed by atoms with van der Waals surface area (Å²) in [5.41, 5.74) is 5.87.